The smallest absolute Gasteiger partial charge is 0.324 e. The van der Waals surface area contributed by atoms with Crippen molar-refractivity contribution in [3.05, 3.63) is 35.9 Å². The molecule has 0 amide bonds. The summed E-state index contributed by atoms with van der Waals surface area (Å²) in [6, 6.07) is 8.69. The molecule has 0 aliphatic heterocycles. The van der Waals surface area contributed by atoms with E-state index in [1.54, 1.807) is 0 Å². The number of rotatable bonds is 8. The first-order chi connectivity index (χ1) is 10.3. The molecule has 0 spiro atoms. The highest BCUT2D eigenvalue weighted by Crippen LogP contribution is 2.30. The number of benzene rings is 1. The zero-order valence-corrected chi connectivity index (χ0v) is 13.9. The van der Waals surface area contributed by atoms with Crippen molar-refractivity contribution in [2.75, 3.05) is 12.9 Å². The van der Waals surface area contributed by atoms with Gasteiger partial charge in [0.15, 0.2) is 0 Å². The first-order valence-electron chi connectivity index (χ1n) is 7.02. The summed E-state index contributed by atoms with van der Waals surface area (Å²) in [6.07, 6.45) is 0.451. The van der Waals surface area contributed by atoms with Crippen molar-refractivity contribution in [2.45, 2.75) is 31.1 Å². The van der Waals surface area contributed by atoms with E-state index in [0.29, 0.717) is 12.2 Å². The van der Waals surface area contributed by atoms with Gasteiger partial charge in [0.25, 0.3) is 0 Å². The Hall–Kier alpha value is -1.53. The van der Waals surface area contributed by atoms with Gasteiger partial charge in [0.2, 0.25) is 0 Å². The molecule has 5 nitrogen and oxygen atoms in total. The molecule has 0 fully saturated rings. The lowest BCUT2D eigenvalue weighted by atomic mass is 10.0. The molecule has 0 aromatic heterocycles. The van der Waals surface area contributed by atoms with E-state index >= 15 is 0 Å². The zero-order valence-electron chi connectivity index (χ0n) is 13.1. The average molecular weight is 325 g/mol. The summed E-state index contributed by atoms with van der Waals surface area (Å²) < 4.78 is 4.05. The van der Waals surface area contributed by atoms with E-state index in [0.717, 1.165) is 5.56 Å². The van der Waals surface area contributed by atoms with Crippen LogP contribution in [0.15, 0.2) is 30.3 Å². The first kappa shape index (κ1) is 18.5. The van der Waals surface area contributed by atoms with E-state index in [-0.39, 0.29) is 0 Å². The molecule has 0 saturated heterocycles. The monoisotopic (exact) mass is 325 g/mol. The van der Waals surface area contributed by atoms with Crippen LogP contribution in [0.2, 0.25) is 0 Å². The van der Waals surface area contributed by atoms with Gasteiger partial charge in [-0.2, -0.15) is 11.8 Å². The van der Waals surface area contributed by atoms with Gasteiger partial charge in [0.05, 0.1) is 13.0 Å². The molecule has 2 atom stereocenters. The molecule has 0 heterocycles. The molecule has 122 valence electrons. The van der Waals surface area contributed by atoms with E-state index in [4.69, 9.17) is 5.73 Å². The number of carboxylic acid groups (broad SMARTS) is 1. The Labute approximate surface area is 135 Å². The Morgan fingerprint density at radius 1 is 1.32 bits per heavy atom. The summed E-state index contributed by atoms with van der Waals surface area (Å²) in [7, 11) is 1.29. The summed E-state index contributed by atoms with van der Waals surface area (Å²) in [5.74, 6) is -1.50. The second-order valence-corrected chi connectivity index (χ2v) is 7.31. The third-order valence-electron chi connectivity index (χ3n) is 3.53. The molecule has 6 heteroatoms. The Bertz CT molecular complexity index is 504. The Morgan fingerprint density at radius 3 is 2.41 bits per heavy atom. The normalized spacial score (nSPS) is 14.2. The number of esters is 1. The maximum Gasteiger partial charge on any atom is 0.324 e. The summed E-state index contributed by atoms with van der Waals surface area (Å²) in [6.45, 7) is 3.64. The predicted octanol–water partition coefficient (Wildman–Crippen LogP) is 1.94. The number of aliphatic carboxylic acids is 1. The fourth-order valence-electron chi connectivity index (χ4n) is 1.93. The van der Waals surface area contributed by atoms with Crippen LogP contribution in [0.5, 0.6) is 0 Å². The molecule has 0 radical (unpaired) electrons. The third-order valence-corrected chi connectivity index (χ3v) is 5.10. The molecule has 0 saturated carbocycles. The van der Waals surface area contributed by atoms with Crippen molar-refractivity contribution in [1.29, 1.82) is 0 Å². The molecule has 3 N–H and O–H groups in total. The number of methoxy groups -OCH3 is 1. The van der Waals surface area contributed by atoms with E-state index < -0.39 is 28.6 Å². The van der Waals surface area contributed by atoms with E-state index in [1.807, 2.05) is 44.2 Å². The Morgan fingerprint density at radius 2 is 1.91 bits per heavy atom. The van der Waals surface area contributed by atoms with Crippen molar-refractivity contribution in [2.24, 2.45) is 11.7 Å². The molecule has 22 heavy (non-hydrogen) atoms. The standard InChI is InChI=1S/C16H23NO4S/c1-16(2,13(17)15(20)21-3)22-10-12(14(18)19)9-11-7-5-4-6-8-11/h4-8,12-13H,9-10,17H2,1-3H3,(H,18,19)/t12-,13+/m1/s1. The van der Waals surface area contributed by atoms with E-state index in [1.165, 1.54) is 18.9 Å². The maximum absolute atomic E-state index is 11.6. The molecular weight excluding hydrogens is 302 g/mol. The number of carbonyl (C=O) groups excluding carboxylic acids is 1. The highest BCUT2D eigenvalue weighted by Gasteiger charge is 2.34. The van der Waals surface area contributed by atoms with Gasteiger partial charge < -0.3 is 15.6 Å². The number of thioether (sulfide) groups is 1. The second kappa shape index (κ2) is 8.19. The summed E-state index contributed by atoms with van der Waals surface area (Å²) in [5.41, 5.74) is 6.85. The van der Waals surface area contributed by atoms with Crippen molar-refractivity contribution in [1.82, 2.24) is 0 Å². The van der Waals surface area contributed by atoms with Crippen LogP contribution in [0.3, 0.4) is 0 Å². The van der Waals surface area contributed by atoms with Crippen molar-refractivity contribution in [3.63, 3.8) is 0 Å². The molecular formula is C16H23NO4S. The van der Waals surface area contributed by atoms with E-state index in [2.05, 4.69) is 4.74 Å². The number of ether oxygens (including phenoxy) is 1. The predicted molar refractivity (Wildman–Crippen MR) is 87.8 cm³/mol. The molecule has 1 aromatic carbocycles. The van der Waals surface area contributed by atoms with Crippen molar-refractivity contribution in [3.8, 4) is 0 Å². The first-order valence-corrected chi connectivity index (χ1v) is 8.00. The number of carboxylic acids is 1. The summed E-state index contributed by atoms with van der Waals surface area (Å²) >= 11 is 1.38. The van der Waals surface area contributed by atoms with Gasteiger partial charge in [-0.05, 0) is 25.8 Å². The van der Waals surface area contributed by atoms with Gasteiger partial charge in [-0.3, -0.25) is 9.59 Å². The van der Waals surface area contributed by atoms with Gasteiger partial charge >= 0.3 is 11.9 Å². The number of hydrogen-bond donors (Lipinski definition) is 2. The minimum Gasteiger partial charge on any atom is -0.481 e. The van der Waals surface area contributed by atoms with E-state index in [9.17, 15) is 14.7 Å². The summed E-state index contributed by atoms with van der Waals surface area (Å²) in [5, 5.41) is 9.39. The Balaban J connectivity index is 2.68. The Kier molecular flexibility index (Phi) is 6.90. The zero-order chi connectivity index (χ0) is 16.8. The molecule has 0 bridgehead atoms. The van der Waals surface area contributed by atoms with Gasteiger partial charge in [0.1, 0.15) is 6.04 Å². The number of nitrogens with two attached hydrogens (primary N) is 1. The highest BCUT2D eigenvalue weighted by atomic mass is 32.2. The average Bonchev–Trinajstić information content (AvgIpc) is 2.50. The SMILES string of the molecule is COC(=O)[C@H](N)C(C)(C)SC[C@@H](Cc1ccccc1)C(=O)O. The largest absolute Gasteiger partial charge is 0.481 e. The van der Waals surface area contributed by atoms with Crippen molar-refractivity contribution < 1.29 is 19.4 Å². The highest BCUT2D eigenvalue weighted by molar-refractivity contribution is 8.00. The van der Waals surface area contributed by atoms with Gasteiger partial charge in [-0.15, -0.1) is 0 Å². The summed E-state index contributed by atoms with van der Waals surface area (Å²) in [4.78, 5) is 23.0. The maximum atomic E-state index is 11.6. The van der Waals surface area contributed by atoms with Crippen LogP contribution in [0.25, 0.3) is 0 Å². The van der Waals surface area contributed by atoms with Crippen LogP contribution in [0.4, 0.5) is 0 Å². The lowest BCUT2D eigenvalue weighted by Gasteiger charge is -2.30. The number of carbonyl (C=O) groups is 2. The minimum absolute atomic E-state index is 0.377. The molecule has 0 aliphatic rings. The third kappa shape index (κ3) is 5.35. The van der Waals surface area contributed by atoms with Crippen molar-refractivity contribution >= 4 is 23.7 Å². The van der Waals surface area contributed by atoms with Crippen LogP contribution in [0.1, 0.15) is 19.4 Å². The molecule has 0 aliphatic carbocycles. The van der Waals surface area contributed by atoms with Crippen LogP contribution in [-0.2, 0) is 20.7 Å². The van der Waals surface area contributed by atoms with Crippen LogP contribution < -0.4 is 5.73 Å². The quantitative estimate of drug-likeness (QED) is 0.710. The van der Waals surface area contributed by atoms with Gasteiger partial charge in [-0.25, -0.2) is 0 Å². The fourth-order valence-corrected chi connectivity index (χ4v) is 3.10. The topological polar surface area (TPSA) is 89.6 Å². The van der Waals surface area contributed by atoms with Crippen LogP contribution >= 0.6 is 11.8 Å². The molecule has 0 unspecified atom stereocenters. The minimum atomic E-state index is -0.848. The number of hydrogen-bond acceptors (Lipinski definition) is 5. The van der Waals surface area contributed by atoms with Gasteiger partial charge in [0, 0.05) is 10.5 Å². The lowest BCUT2D eigenvalue weighted by Crippen LogP contribution is -2.48. The molecule has 1 aromatic rings. The second-order valence-electron chi connectivity index (χ2n) is 5.64. The van der Waals surface area contributed by atoms with Gasteiger partial charge in [-0.1, -0.05) is 30.3 Å². The fraction of sp³-hybridized carbons (Fsp3) is 0.500. The van der Waals surface area contributed by atoms with Crippen LogP contribution in [-0.4, -0.2) is 40.7 Å². The lowest BCUT2D eigenvalue weighted by molar-refractivity contribution is -0.142. The molecule has 1 rings (SSSR count). The van der Waals surface area contributed by atoms with Crippen LogP contribution in [0, 0.1) is 5.92 Å².